The summed E-state index contributed by atoms with van der Waals surface area (Å²) in [5, 5.41) is 9.76. The number of fused-ring (bicyclic) bond motifs is 1. The summed E-state index contributed by atoms with van der Waals surface area (Å²) in [6, 6.07) is 9.82. The molecule has 0 aliphatic heterocycles. The minimum atomic E-state index is 0.739. The Labute approximate surface area is 80.0 Å². The molecule has 0 saturated carbocycles. The van der Waals surface area contributed by atoms with E-state index in [1.807, 2.05) is 24.3 Å². The highest BCUT2D eigenvalue weighted by atomic mass is 32.1. The number of rotatable bonds is 1. The third-order valence-corrected chi connectivity index (χ3v) is 2.85. The van der Waals surface area contributed by atoms with Crippen LogP contribution >= 0.6 is 11.3 Å². The second-order valence-corrected chi connectivity index (χ2v) is 3.71. The molecule has 0 N–H and O–H groups in total. The molecule has 2 aromatic rings. The van der Waals surface area contributed by atoms with E-state index in [-0.39, 0.29) is 0 Å². The van der Waals surface area contributed by atoms with Gasteiger partial charge in [-0.15, -0.1) is 11.3 Å². The van der Waals surface area contributed by atoms with Crippen LogP contribution in [0.15, 0.2) is 24.3 Å². The van der Waals surface area contributed by atoms with Crippen molar-refractivity contribution in [3.05, 3.63) is 29.1 Å². The maximum Gasteiger partial charge on any atom is 0.119 e. The van der Waals surface area contributed by atoms with Gasteiger partial charge in [0.05, 0.1) is 7.11 Å². The van der Waals surface area contributed by atoms with Crippen LogP contribution in [-0.4, -0.2) is 7.11 Å². The smallest absolute Gasteiger partial charge is 0.119 e. The summed E-state index contributed by atoms with van der Waals surface area (Å²) >= 11 is 1.50. The summed E-state index contributed by atoms with van der Waals surface area (Å²) in [4.78, 5) is 0.739. The standard InChI is InChI=1S/C10H7NOS/c1-12-8-2-3-10-7(4-8)5-9(6-11)13-10/h2-5H,1H3. The van der Waals surface area contributed by atoms with E-state index in [4.69, 9.17) is 10.00 Å². The zero-order valence-electron chi connectivity index (χ0n) is 7.07. The van der Waals surface area contributed by atoms with Crippen LogP contribution in [0.1, 0.15) is 4.88 Å². The van der Waals surface area contributed by atoms with E-state index in [0.29, 0.717) is 0 Å². The molecule has 0 unspecified atom stereocenters. The number of ether oxygens (including phenoxy) is 1. The highest BCUT2D eigenvalue weighted by Gasteiger charge is 2.01. The van der Waals surface area contributed by atoms with E-state index in [2.05, 4.69) is 6.07 Å². The molecule has 2 nitrogen and oxygen atoms in total. The van der Waals surface area contributed by atoms with Crippen LogP contribution in [0.5, 0.6) is 5.75 Å². The number of hydrogen-bond donors (Lipinski definition) is 0. The van der Waals surface area contributed by atoms with Gasteiger partial charge in [-0.25, -0.2) is 0 Å². The molecule has 1 aromatic heterocycles. The number of benzene rings is 1. The number of nitrogens with zero attached hydrogens (tertiary/aromatic N) is 1. The van der Waals surface area contributed by atoms with Gasteiger partial charge in [0, 0.05) is 4.70 Å². The molecule has 0 atom stereocenters. The summed E-state index contributed by atoms with van der Waals surface area (Å²) in [6.45, 7) is 0. The van der Waals surface area contributed by atoms with Crippen LogP contribution in [0, 0.1) is 11.3 Å². The molecule has 13 heavy (non-hydrogen) atoms. The first kappa shape index (κ1) is 8.09. The Hall–Kier alpha value is -1.53. The third kappa shape index (κ3) is 1.36. The van der Waals surface area contributed by atoms with Crippen LogP contribution in [0.3, 0.4) is 0 Å². The van der Waals surface area contributed by atoms with Gasteiger partial charge in [-0.2, -0.15) is 5.26 Å². The topological polar surface area (TPSA) is 33.0 Å². The number of hydrogen-bond acceptors (Lipinski definition) is 3. The van der Waals surface area contributed by atoms with Crippen molar-refractivity contribution in [3.63, 3.8) is 0 Å². The first-order valence-electron chi connectivity index (χ1n) is 3.81. The largest absolute Gasteiger partial charge is 0.497 e. The van der Waals surface area contributed by atoms with Crippen LogP contribution in [-0.2, 0) is 0 Å². The van der Waals surface area contributed by atoms with Gasteiger partial charge < -0.3 is 4.74 Å². The minimum absolute atomic E-state index is 0.739. The molecule has 0 bridgehead atoms. The van der Waals surface area contributed by atoms with Crippen molar-refractivity contribution in [2.45, 2.75) is 0 Å². The number of nitriles is 1. The normalized spacial score (nSPS) is 9.85. The molecule has 0 saturated heterocycles. The first-order chi connectivity index (χ1) is 6.33. The summed E-state index contributed by atoms with van der Waals surface area (Å²) in [6.07, 6.45) is 0. The van der Waals surface area contributed by atoms with E-state index >= 15 is 0 Å². The fourth-order valence-electron chi connectivity index (χ4n) is 1.20. The number of methoxy groups -OCH3 is 1. The van der Waals surface area contributed by atoms with Gasteiger partial charge in [0.15, 0.2) is 0 Å². The zero-order valence-corrected chi connectivity index (χ0v) is 7.89. The van der Waals surface area contributed by atoms with Gasteiger partial charge in [0.2, 0.25) is 0 Å². The van der Waals surface area contributed by atoms with Crippen LogP contribution in [0.4, 0.5) is 0 Å². The summed E-state index contributed by atoms with van der Waals surface area (Å²) < 4.78 is 6.21. The monoisotopic (exact) mass is 189 g/mol. The second kappa shape index (κ2) is 3.08. The summed E-state index contributed by atoms with van der Waals surface area (Å²) in [7, 11) is 1.64. The lowest BCUT2D eigenvalue weighted by atomic mass is 10.2. The Morgan fingerprint density at radius 2 is 2.23 bits per heavy atom. The Balaban J connectivity index is 2.65. The molecule has 0 fully saturated rings. The molecule has 0 aliphatic carbocycles. The van der Waals surface area contributed by atoms with Gasteiger partial charge in [-0.3, -0.25) is 0 Å². The molecule has 0 aliphatic rings. The molecular formula is C10H7NOS. The molecule has 64 valence electrons. The lowest BCUT2D eigenvalue weighted by Gasteiger charge is -1.97. The van der Waals surface area contributed by atoms with E-state index in [1.165, 1.54) is 11.3 Å². The maximum absolute atomic E-state index is 8.69. The molecule has 3 heteroatoms. The molecule has 2 rings (SSSR count). The Morgan fingerprint density at radius 1 is 1.38 bits per heavy atom. The van der Waals surface area contributed by atoms with E-state index in [0.717, 1.165) is 20.7 Å². The van der Waals surface area contributed by atoms with Crippen molar-refractivity contribution in [1.82, 2.24) is 0 Å². The van der Waals surface area contributed by atoms with Gasteiger partial charge in [0.1, 0.15) is 16.7 Å². The van der Waals surface area contributed by atoms with Gasteiger partial charge in [0.25, 0.3) is 0 Å². The zero-order chi connectivity index (χ0) is 9.26. The van der Waals surface area contributed by atoms with Crippen LogP contribution in [0.25, 0.3) is 10.1 Å². The lowest BCUT2D eigenvalue weighted by molar-refractivity contribution is 0.415. The highest BCUT2D eigenvalue weighted by Crippen LogP contribution is 2.28. The summed E-state index contributed by atoms with van der Waals surface area (Å²) in [5.74, 6) is 0.829. The van der Waals surface area contributed by atoms with E-state index in [1.54, 1.807) is 7.11 Å². The van der Waals surface area contributed by atoms with E-state index in [9.17, 15) is 0 Å². The Morgan fingerprint density at radius 3 is 2.92 bits per heavy atom. The van der Waals surface area contributed by atoms with Crippen molar-refractivity contribution in [2.24, 2.45) is 0 Å². The SMILES string of the molecule is COc1ccc2sc(C#N)cc2c1. The first-order valence-corrected chi connectivity index (χ1v) is 4.63. The van der Waals surface area contributed by atoms with Crippen LogP contribution in [0.2, 0.25) is 0 Å². The molecular weight excluding hydrogens is 182 g/mol. The van der Waals surface area contributed by atoms with Gasteiger partial charge in [-0.05, 0) is 29.7 Å². The van der Waals surface area contributed by atoms with E-state index < -0.39 is 0 Å². The fraction of sp³-hybridized carbons (Fsp3) is 0.100. The third-order valence-electron chi connectivity index (χ3n) is 1.83. The average molecular weight is 189 g/mol. The number of thiophene rings is 1. The highest BCUT2D eigenvalue weighted by molar-refractivity contribution is 7.19. The van der Waals surface area contributed by atoms with Crippen molar-refractivity contribution < 1.29 is 4.74 Å². The minimum Gasteiger partial charge on any atom is -0.497 e. The van der Waals surface area contributed by atoms with Gasteiger partial charge >= 0.3 is 0 Å². The molecule has 0 amide bonds. The molecule has 0 radical (unpaired) electrons. The summed E-state index contributed by atoms with van der Waals surface area (Å²) in [5.41, 5.74) is 0. The lowest BCUT2D eigenvalue weighted by Crippen LogP contribution is -1.79. The predicted molar refractivity (Wildman–Crippen MR) is 53.1 cm³/mol. The molecule has 1 heterocycles. The quantitative estimate of drug-likeness (QED) is 0.691. The Kier molecular flexibility index (Phi) is 1.91. The Bertz CT molecular complexity index is 481. The fourth-order valence-corrected chi connectivity index (χ4v) is 2.04. The van der Waals surface area contributed by atoms with Gasteiger partial charge in [-0.1, -0.05) is 0 Å². The van der Waals surface area contributed by atoms with Crippen molar-refractivity contribution in [1.29, 1.82) is 5.26 Å². The van der Waals surface area contributed by atoms with Crippen LogP contribution < -0.4 is 4.74 Å². The van der Waals surface area contributed by atoms with Crippen molar-refractivity contribution in [2.75, 3.05) is 7.11 Å². The van der Waals surface area contributed by atoms with Crippen molar-refractivity contribution >= 4 is 21.4 Å². The maximum atomic E-state index is 8.69. The molecule has 0 spiro atoms. The molecule has 1 aromatic carbocycles. The second-order valence-electron chi connectivity index (χ2n) is 2.63. The predicted octanol–water partition coefficient (Wildman–Crippen LogP) is 2.78. The average Bonchev–Trinajstić information content (AvgIpc) is 2.58. The van der Waals surface area contributed by atoms with Crippen molar-refractivity contribution in [3.8, 4) is 11.8 Å².